The summed E-state index contributed by atoms with van der Waals surface area (Å²) >= 11 is 0. The quantitative estimate of drug-likeness (QED) is 0.594. The second-order valence-corrected chi connectivity index (χ2v) is 6.99. The van der Waals surface area contributed by atoms with E-state index in [2.05, 4.69) is 19.1 Å². The number of aldehydes is 1. The molecule has 1 aliphatic carbocycles. The number of benzene rings is 1. The number of hydrogen-bond acceptors (Lipinski definition) is 4. The Bertz CT molecular complexity index is 728. The van der Waals surface area contributed by atoms with Gasteiger partial charge in [-0.25, -0.2) is 0 Å². The van der Waals surface area contributed by atoms with E-state index in [1.165, 1.54) is 11.1 Å². The molecule has 0 aliphatic heterocycles. The number of aliphatic hydroxyl groups excluding tert-OH is 1. The van der Waals surface area contributed by atoms with Crippen molar-refractivity contribution in [3.63, 3.8) is 0 Å². The molecule has 0 spiro atoms. The summed E-state index contributed by atoms with van der Waals surface area (Å²) in [5.41, 5.74) is 4.17. The molecule has 1 aromatic rings. The molecule has 0 bridgehead atoms. The molecule has 1 aliphatic rings. The molecule has 0 fully saturated rings. The molecule has 27 heavy (non-hydrogen) atoms. The molecule has 0 saturated heterocycles. The van der Waals surface area contributed by atoms with E-state index in [9.17, 15) is 4.79 Å². The molecule has 0 amide bonds. The van der Waals surface area contributed by atoms with E-state index < -0.39 is 0 Å². The fourth-order valence-electron chi connectivity index (χ4n) is 3.01. The zero-order valence-electron chi connectivity index (χ0n) is 16.5. The maximum absolute atomic E-state index is 11.2. The summed E-state index contributed by atoms with van der Waals surface area (Å²) in [6.45, 7) is 6.78. The summed E-state index contributed by atoms with van der Waals surface area (Å²) in [6, 6.07) is 5.61. The van der Waals surface area contributed by atoms with Crippen LogP contribution in [0, 0.1) is 6.92 Å². The first-order valence-corrected chi connectivity index (χ1v) is 9.56. The maximum Gasteiger partial charge on any atom is 0.153 e. The average Bonchev–Trinajstić information content (AvgIpc) is 2.82. The third-order valence-electron chi connectivity index (χ3n) is 4.61. The second-order valence-electron chi connectivity index (χ2n) is 6.99. The van der Waals surface area contributed by atoms with Crippen LogP contribution >= 0.6 is 0 Å². The Kier molecular flexibility index (Phi) is 8.34. The molecule has 4 nitrogen and oxygen atoms in total. The van der Waals surface area contributed by atoms with Crippen LogP contribution in [-0.2, 0) is 4.74 Å². The van der Waals surface area contributed by atoms with Gasteiger partial charge in [0, 0.05) is 13.0 Å². The zero-order valence-corrected chi connectivity index (χ0v) is 16.5. The summed E-state index contributed by atoms with van der Waals surface area (Å²) in [4.78, 5) is 11.2. The van der Waals surface area contributed by atoms with Gasteiger partial charge in [0.2, 0.25) is 0 Å². The lowest BCUT2D eigenvalue weighted by Gasteiger charge is -2.17. The number of aryl methyl sites for hydroxylation is 1. The van der Waals surface area contributed by atoms with E-state index in [0.717, 1.165) is 43.3 Å². The number of aliphatic hydroxyl groups is 1. The largest absolute Gasteiger partial charge is 0.493 e. The molecule has 1 aromatic carbocycles. The van der Waals surface area contributed by atoms with Crippen molar-refractivity contribution < 1.29 is 19.4 Å². The highest BCUT2D eigenvalue weighted by Crippen LogP contribution is 2.23. The van der Waals surface area contributed by atoms with Crippen LogP contribution in [0.25, 0.3) is 0 Å². The van der Waals surface area contributed by atoms with E-state index in [0.29, 0.717) is 17.9 Å². The van der Waals surface area contributed by atoms with E-state index in [1.807, 2.05) is 38.1 Å². The van der Waals surface area contributed by atoms with E-state index >= 15 is 0 Å². The Morgan fingerprint density at radius 3 is 2.85 bits per heavy atom. The molecule has 0 aromatic heterocycles. The summed E-state index contributed by atoms with van der Waals surface area (Å²) in [7, 11) is 0. The van der Waals surface area contributed by atoms with Crippen molar-refractivity contribution in [2.24, 2.45) is 0 Å². The SMILES string of the molecule is CC1=C(CCCO)CC=CC(OCCC(C)Oc2ccc(C)cc2C=O)=C1. The Morgan fingerprint density at radius 1 is 1.30 bits per heavy atom. The van der Waals surface area contributed by atoms with Gasteiger partial charge in [-0.05, 0) is 69.9 Å². The van der Waals surface area contributed by atoms with Crippen molar-refractivity contribution in [3.8, 4) is 5.75 Å². The van der Waals surface area contributed by atoms with Crippen molar-refractivity contribution >= 4 is 6.29 Å². The molecule has 1 unspecified atom stereocenters. The molecular formula is C23H30O4. The predicted octanol–water partition coefficient (Wildman–Crippen LogP) is 4.91. The summed E-state index contributed by atoms with van der Waals surface area (Å²) < 4.78 is 11.8. The van der Waals surface area contributed by atoms with Gasteiger partial charge >= 0.3 is 0 Å². The highest BCUT2D eigenvalue weighted by atomic mass is 16.5. The van der Waals surface area contributed by atoms with Gasteiger partial charge in [-0.2, -0.15) is 0 Å². The number of carbonyl (C=O) groups excluding carboxylic acids is 1. The lowest BCUT2D eigenvalue weighted by molar-refractivity contribution is 0.111. The Labute approximate surface area is 162 Å². The lowest BCUT2D eigenvalue weighted by Crippen LogP contribution is -2.15. The molecular weight excluding hydrogens is 340 g/mol. The number of rotatable bonds is 10. The van der Waals surface area contributed by atoms with Crippen LogP contribution in [-0.4, -0.2) is 30.7 Å². The second kappa shape index (κ2) is 10.7. The Hall–Kier alpha value is -2.33. The summed E-state index contributed by atoms with van der Waals surface area (Å²) in [5.74, 6) is 1.46. The standard InChI is InChI=1S/C23H30O4/c1-17-9-10-23(21(14-17)16-25)27-19(3)11-13-26-22-8-4-6-20(7-5-12-24)18(2)15-22/h4,8-10,14-16,19,24H,5-7,11-13H2,1-3H3. The van der Waals surface area contributed by atoms with Crippen LogP contribution in [0.15, 0.2) is 53.3 Å². The molecule has 1 N–H and O–H groups in total. The summed E-state index contributed by atoms with van der Waals surface area (Å²) in [6.07, 6.45) is 10.3. The van der Waals surface area contributed by atoms with Gasteiger partial charge in [-0.1, -0.05) is 23.3 Å². The fraction of sp³-hybridized carbons (Fsp3) is 0.435. The van der Waals surface area contributed by atoms with Crippen LogP contribution in [0.3, 0.4) is 0 Å². The van der Waals surface area contributed by atoms with Crippen molar-refractivity contribution in [2.75, 3.05) is 13.2 Å². The number of ether oxygens (including phenoxy) is 2. The first kappa shape index (κ1) is 21.0. The van der Waals surface area contributed by atoms with E-state index in [4.69, 9.17) is 14.6 Å². The molecule has 0 radical (unpaired) electrons. The molecule has 0 saturated carbocycles. The Balaban J connectivity index is 1.86. The van der Waals surface area contributed by atoms with Gasteiger partial charge in [-0.15, -0.1) is 0 Å². The van der Waals surface area contributed by atoms with Gasteiger partial charge in [0.05, 0.1) is 18.3 Å². The zero-order chi connectivity index (χ0) is 19.6. The van der Waals surface area contributed by atoms with Gasteiger partial charge in [-0.3, -0.25) is 4.79 Å². The molecule has 146 valence electrons. The topological polar surface area (TPSA) is 55.8 Å². The third kappa shape index (κ3) is 6.72. The van der Waals surface area contributed by atoms with Crippen LogP contribution in [0.4, 0.5) is 0 Å². The number of carbonyl (C=O) groups is 1. The van der Waals surface area contributed by atoms with E-state index in [-0.39, 0.29) is 12.7 Å². The highest BCUT2D eigenvalue weighted by molar-refractivity contribution is 5.79. The third-order valence-corrected chi connectivity index (χ3v) is 4.61. The molecule has 0 heterocycles. The molecule has 4 heteroatoms. The average molecular weight is 370 g/mol. The van der Waals surface area contributed by atoms with Crippen LogP contribution in [0.1, 0.15) is 55.5 Å². The van der Waals surface area contributed by atoms with Crippen LogP contribution < -0.4 is 4.74 Å². The minimum Gasteiger partial charge on any atom is -0.493 e. The first-order chi connectivity index (χ1) is 13.0. The van der Waals surface area contributed by atoms with Crippen LogP contribution in [0.2, 0.25) is 0 Å². The smallest absolute Gasteiger partial charge is 0.153 e. The first-order valence-electron chi connectivity index (χ1n) is 9.56. The fourth-order valence-corrected chi connectivity index (χ4v) is 3.01. The number of hydrogen-bond donors (Lipinski definition) is 1. The van der Waals surface area contributed by atoms with Gasteiger partial charge in [0.1, 0.15) is 11.5 Å². The van der Waals surface area contributed by atoms with Crippen molar-refractivity contribution in [3.05, 3.63) is 64.5 Å². The summed E-state index contributed by atoms with van der Waals surface area (Å²) in [5, 5.41) is 9.01. The van der Waals surface area contributed by atoms with Gasteiger partial charge < -0.3 is 14.6 Å². The van der Waals surface area contributed by atoms with Crippen molar-refractivity contribution in [2.45, 2.75) is 52.6 Å². The van der Waals surface area contributed by atoms with E-state index in [1.54, 1.807) is 0 Å². The minimum absolute atomic E-state index is 0.0569. The normalized spacial score (nSPS) is 15.2. The van der Waals surface area contributed by atoms with Gasteiger partial charge in [0.25, 0.3) is 0 Å². The minimum atomic E-state index is -0.0569. The highest BCUT2D eigenvalue weighted by Gasteiger charge is 2.10. The maximum atomic E-state index is 11.2. The Morgan fingerprint density at radius 2 is 2.11 bits per heavy atom. The molecule has 2 rings (SSSR count). The van der Waals surface area contributed by atoms with Crippen molar-refractivity contribution in [1.29, 1.82) is 0 Å². The molecule has 1 atom stereocenters. The van der Waals surface area contributed by atoms with Gasteiger partial charge in [0.15, 0.2) is 6.29 Å². The van der Waals surface area contributed by atoms with Crippen molar-refractivity contribution in [1.82, 2.24) is 0 Å². The lowest BCUT2D eigenvalue weighted by atomic mass is 10.0. The number of allylic oxidation sites excluding steroid dienone is 5. The monoisotopic (exact) mass is 370 g/mol. The van der Waals surface area contributed by atoms with Crippen LogP contribution in [0.5, 0.6) is 5.75 Å². The predicted molar refractivity (Wildman–Crippen MR) is 108 cm³/mol.